The number of allylic oxidation sites excluding steroid dienone is 1. The van der Waals surface area contributed by atoms with E-state index in [1.54, 1.807) is 31.5 Å². The van der Waals surface area contributed by atoms with Gasteiger partial charge in [-0.05, 0) is 54.4 Å². The molecule has 0 bridgehead atoms. The first kappa shape index (κ1) is 29.8. The zero-order valence-electron chi connectivity index (χ0n) is 24.5. The number of aromatic nitrogens is 3. The molecule has 5 rings (SSSR count). The minimum Gasteiger partial charge on any atom is -0.493 e. The Kier molecular flexibility index (Phi) is 9.47. The first-order valence-electron chi connectivity index (χ1n) is 14.1. The number of rotatable bonds is 9. The van der Waals surface area contributed by atoms with Crippen LogP contribution in [0.25, 0.3) is 0 Å². The third kappa shape index (κ3) is 7.38. The summed E-state index contributed by atoms with van der Waals surface area (Å²) in [6.07, 6.45) is 4.30. The molecule has 0 fully saturated rings. The fourth-order valence-electron chi connectivity index (χ4n) is 4.55. The van der Waals surface area contributed by atoms with E-state index in [1.807, 2.05) is 61.5 Å². The lowest BCUT2D eigenvalue weighted by Gasteiger charge is -2.20. The Hall–Kier alpha value is -5.69. The molecule has 10 heteroatoms. The Balaban J connectivity index is 1.16. The van der Waals surface area contributed by atoms with Crippen LogP contribution in [0.2, 0.25) is 0 Å². The maximum absolute atomic E-state index is 13.3. The van der Waals surface area contributed by atoms with Crippen LogP contribution < -0.4 is 19.7 Å². The number of H-pyrrole nitrogens is 1. The molecule has 44 heavy (non-hydrogen) atoms. The zero-order chi connectivity index (χ0) is 30.9. The average Bonchev–Trinajstić information content (AvgIpc) is 3.47. The Labute approximate surface area is 255 Å². The summed E-state index contributed by atoms with van der Waals surface area (Å²) >= 11 is 0. The summed E-state index contributed by atoms with van der Waals surface area (Å²) in [5.74, 6) is 7.12. The number of aromatic amines is 1. The van der Waals surface area contributed by atoms with Gasteiger partial charge >= 0.3 is 0 Å². The number of aliphatic imine (C=N–C) groups is 1. The molecule has 222 valence electrons. The summed E-state index contributed by atoms with van der Waals surface area (Å²) in [6, 6.07) is 19.9. The third-order valence-electron chi connectivity index (χ3n) is 6.82. The van der Waals surface area contributed by atoms with Gasteiger partial charge in [-0.2, -0.15) is 0 Å². The summed E-state index contributed by atoms with van der Waals surface area (Å²) in [7, 11) is 1.64. The first-order valence-corrected chi connectivity index (χ1v) is 14.1. The van der Waals surface area contributed by atoms with Gasteiger partial charge < -0.3 is 19.7 Å². The van der Waals surface area contributed by atoms with Crippen molar-refractivity contribution in [1.29, 1.82) is 0 Å². The van der Waals surface area contributed by atoms with Crippen LogP contribution >= 0.6 is 0 Å². The van der Waals surface area contributed by atoms with Gasteiger partial charge in [-0.3, -0.25) is 19.7 Å². The number of nitrogens with one attached hydrogen (secondary N) is 2. The van der Waals surface area contributed by atoms with Gasteiger partial charge in [-0.25, -0.2) is 4.98 Å². The molecular formula is C34H32N6O4. The highest BCUT2D eigenvalue weighted by Gasteiger charge is 2.31. The fraction of sp³-hybridized carbons (Fsp3) is 0.206. The fourth-order valence-corrected chi connectivity index (χ4v) is 4.55. The van der Waals surface area contributed by atoms with Gasteiger partial charge in [-0.1, -0.05) is 54.8 Å². The van der Waals surface area contributed by atoms with Crippen molar-refractivity contribution < 1.29 is 19.1 Å². The number of carbonyl (C=O) groups excluding carboxylic acids is 2. The molecule has 2 amide bonds. The number of hydrogen-bond acceptors (Lipinski definition) is 7. The van der Waals surface area contributed by atoms with Crippen molar-refractivity contribution >= 4 is 29.4 Å². The van der Waals surface area contributed by atoms with E-state index in [0.717, 1.165) is 28.1 Å². The normalized spacial score (nSPS) is 14.2. The zero-order valence-corrected chi connectivity index (χ0v) is 24.5. The molecular weight excluding hydrogens is 556 g/mol. The van der Waals surface area contributed by atoms with E-state index < -0.39 is 11.9 Å². The number of hydrogen-bond donors (Lipinski definition) is 2. The number of aryl methyl sites for hydroxylation is 1. The molecule has 1 aromatic heterocycles. The van der Waals surface area contributed by atoms with Crippen LogP contribution in [0.5, 0.6) is 11.5 Å². The van der Waals surface area contributed by atoms with Gasteiger partial charge in [0, 0.05) is 31.7 Å². The van der Waals surface area contributed by atoms with Gasteiger partial charge in [0.05, 0.1) is 18.0 Å². The lowest BCUT2D eigenvalue weighted by Crippen LogP contribution is -2.49. The van der Waals surface area contributed by atoms with Crippen LogP contribution in [0.4, 0.5) is 11.4 Å². The predicted octanol–water partition coefficient (Wildman–Crippen LogP) is 4.57. The van der Waals surface area contributed by atoms with Crippen molar-refractivity contribution in [3.05, 3.63) is 108 Å². The van der Waals surface area contributed by atoms with Gasteiger partial charge in [0.2, 0.25) is 5.82 Å². The molecule has 4 aromatic rings. The second-order valence-electron chi connectivity index (χ2n) is 10.0. The van der Waals surface area contributed by atoms with Crippen molar-refractivity contribution in [3.63, 3.8) is 0 Å². The van der Waals surface area contributed by atoms with Crippen LogP contribution in [0.3, 0.4) is 0 Å². The van der Waals surface area contributed by atoms with Crippen molar-refractivity contribution in [2.45, 2.75) is 25.8 Å². The summed E-state index contributed by atoms with van der Waals surface area (Å²) in [5.41, 5.74) is 4.19. The molecule has 1 aliphatic rings. The minimum atomic E-state index is -0.922. The second-order valence-corrected chi connectivity index (χ2v) is 10.0. The molecule has 1 unspecified atom stereocenters. The molecule has 2 N–H and O–H groups in total. The minimum absolute atomic E-state index is 0.0351. The SMILES string of the molecule is C=C/C=N\c1ccc(OCCC#Cc2ccc3c(c2)N(C)C(=O)C(NC(=O)c2n[nH]c(Cc4ccccc4)n2)CO3)cc1C. The molecule has 0 saturated carbocycles. The average molecular weight is 589 g/mol. The monoisotopic (exact) mass is 588 g/mol. The van der Waals surface area contributed by atoms with Crippen LogP contribution in [-0.2, 0) is 11.2 Å². The van der Waals surface area contributed by atoms with Crippen LogP contribution in [0.1, 0.15) is 39.6 Å². The molecule has 0 spiro atoms. The maximum Gasteiger partial charge on any atom is 0.291 e. The highest BCUT2D eigenvalue weighted by molar-refractivity contribution is 6.02. The van der Waals surface area contributed by atoms with Crippen molar-refractivity contribution in [2.24, 2.45) is 4.99 Å². The predicted molar refractivity (Wildman–Crippen MR) is 169 cm³/mol. The number of carbonyl (C=O) groups is 2. The Morgan fingerprint density at radius 2 is 2.07 bits per heavy atom. The molecule has 3 aromatic carbocycles. The largest absolute Gasteiger partial charge is 0.493 e. The van der Waals surface area contributed by atoms with Crippen molar-refractivity contribution in [3.8, 4) is 23.3 Å². The van der Waals surface area contributed by atoms with E-state index in [-0.39, 0.29) is 18.3 Å². The molecule has 1 aliphatic heterocycles. The summed E-state index contributed by atoms with van der Waals surface area (Å²) in [5, 5.41) is 9.52. The molecule has 0 radical (unpaired) electrons. The highest BCUT2D eigenvalue weighted by Crippen LogP contribution is 2.31. The Morgan fingerprint density at radius 3 is 2.86 bits per heavy atom. The highest BCUT2D eigenvalue weighted by atomic mass is 16.5. The van der Waals surface area contributed by atoms with Gasteiger partial charge in [-0.15, -0.1) is 5.10 Å². The quantitative estimate of drug-likeness (QED) is 0.168. The van der Waals surface area contributed by atoms with Crippen molar-refractivity contribution in [1.82, 2.24) is 20.5 Å². The van der Waals surface area contributed by atoms with E-state index in [2.05, 4.69) is 43.9 Å². The van der Waals surface area contributed by atoms with Crippen molar-refractivity contribution in [2.75, 3.05) is 25.2 Å². The Morgan fingerprint density at radius 1 is 1.23 bits per heavy atom. The smallest absolute Gasteiger partial charge is 0.291 e. The van der Waals surface area contributed by atoms with Gasteiger partial charge in [0.15, 0.2) is 0 Å². The van der Waals surface area contributed by atoms with Crippen LogP contribution in [-0.4, -0.2) is 59.5 Å². The molecule has 0 aliphatic carbocycles. The van der Waals surface area contributed by atoms with Gasteiger partial charge in [0.1, 0.15) is 30.0 Å². The molecule has 10 nitrogen and oxygen atoms in total. The summed E-state index contributed by atoms with van der Waals surface area (Å²) < 4.78 is 11.7. The van der Waals surface area contributed by atoms with E-state index in [1.165, 1.54) is 4.90 Å². The van der Waals surface area contributed by atoms with E-state index in [4.69, 9.17) is 9.47 Å². The molecule has 0 saturated heterocycles. The van der Waals surface area contributed by atoms with E-state index in [9.17, 15) is 9.59 Å². The summed E-state index contributed by atoms with van der Waals surface area (Å²) in [6.45, 7) is 6.00. The van der Waals surface area contributed by atoms with Crippen LogP contribution in [0.15, 0.2) is 84.4 Å². The molecule has 1 atom stereocenters. The topological polar surface area (TPSA) is 122 Å². The second kappa shape index (κ2) is 14.0. The number of benzene rings is 3. The lowest BCUT2D eigenvalue weighted by atomic mass is 10.1. The summed E-state index contributed by atoms with van der Waals surface area (Å²) in [4.78, 5) is 36.2. The lowest BCUT2D eigenvalue weighted by molar-refractivity contribution is -0.120. The Bertz CT molecular complexity index is 1750. The van der Waals surface area contributed by atoms with E-state index >= 15 is 0 Å². The van der Waals surface area contributed by atoms with Gasteiger partial charge in [0.25, 0.3) is 11.8 Å². The number of likely N-dealkylation sites (N-methyl/N-ethyl adjacent to an activating group) is 1. The third-order valence-corrected chi connectivity index (χ3v) is 6.82. The standard InChI is InChI=1S/C34H32N6O4/c1-4-17-35-27-15-14-26(19-23(27)2)43-18-9-8-12-25-13-16-30-29(20-25)40(3)34(42)28(22-44-30)36-33(41)32-37-31(38-39-32)21-24-10-6-5-7-11-24/h4-7,10-11,13-17,19-20,28H,1,9,18,21-22H2,2-3H3,(H,36,41)(H,37,38,39)/b35-17-. The number of nitrogens with zero attached hydrogens (tertiary/aromatic N) is 4. The number of anilines is 1. The molecule has 2 heterocycles. The first-order chi connectivity index (χ1) is 21.4. The number of amides is 2. The maximum atomic E-state index is 13.3. The number of fused-ring (bicyclic) bond motifs is 1. The van der Waals surface area contributed by atoms with Crippen LogP contribution in [0, 0.1) is 18.8 Å². The van der Waals surface area contributed by atoms with E-state index in [0.29, 0.717) is 36.7 Å². The number of ether oxygens (including phenoxy) is 2.